The van der Waals surface area contributed by atoms with Crippen molar-refractivity contribution in [2.75, 3.05) is 19.1 Å². The first-order valence-corrected chi connectivity index (χ1v) is 8.60. The Hall–Kier alpha value is -2.70. The van der Waals surface area contributed by atoms with E-state index in [-0.39, 0.29) is 5.56 Å². The largest absolute Gasteiger partial charge is 0.385 e. The molecule has 3 aromatic rings. The van der Waals surface area contributed by atoms with Crippen LogP contribution in [0.5, 0.6) is 0 Å². The van der Waals surface area contributed by atoms with E-state index in [1.807, 2.05) is 30.3 Å². The lowest BCUT2D eigenvalue weighted by atomic mass is 10.2. The Bertz CT molecular complexity index is 985. The van der Waals surface area contributed by atoms with Crippen LogP contribution >= 0.6 is 11.6 Å². The molecule has 26 heavy (non-hydrogen) atoms. The molecule has 0 aliphatic carbocycles. The molecule has 0 bridgehead atoms. The molecule has 0 unspecified atom stereocenters. The Balaban J connectivity index is 1.93. The number of aromatic nitrogens is 2. The minimum Gasteiger partial charge on any atom is -0.385 e. The highest BCUT2D eigenvalue weighted by molar-refractivity contribution is 6.33. The molecular formula is C19H19ClN4O2. The summed E-state index contributed by atoms with van der Waals surface area (Å²) < 4.78 is 6.66. The third-order valence-corrected chi connectivity index (χ3v) is 4.21. The molecular weight excluding hydrogens is 352 g/mol. The Morgan fingerprint density at radius 2 is 2.00 bits per heavy atom. The van der Waals surface area contributed by atoms with Crippen molar-refractivity contribution in [2.45, 2.75) is 13.0 Å². The van der Waals surface area contributed by atoms with Crippen LogP contribution in [0.4, 0.5) is 5.95 Å². The van der Waals surface area contributed by atoms with Gasteiger partial charge in [-0.1, -0.05) is 41.9 Å². The summed E-state index contributed by atoms with van der Waals surface area (Å²) in [6.45, 7) is 1.04. The van der Waals surface area contributed by atoms with E-state index >= 15 is 0 Å². The van der Waals surface area contributed by atoms with Crippen LogP contribution in [0, 0.1) is 0 Å². The second kappa shape index (κ2) is 8.60. The van der Waals surface area contributed by atoms with Gasteiger partial charge in [0.25, 0.3) is 5.56 Å². The van der Waals surface area contributed by atoms with Crippen molar-refractivity contribution in [1.29, 1.82) is 0 Å². The highest BCUT2D eigenvalue weighted by Crippen LogP contribution is 2.14. The molecule has 0 saturated heterocycles. The number of anilines is 1. The van der Waals surface area contributed by atoms with Crippen LogP contribution < -0.4 is 11.0 Å². The van der Waals surface area contributed by atoms with Crippen molar-refractivity contribution in [3.8, 4) is 0 Å². The van der Waals surface area contributed by atoms with Gasteiger partial charge in [0.2, 0.25) is 5.95 Å². The molecule has 0 aliphatic rings. The van der Waals surface area contributed by atoms with E-state index in [0.29, 0.717) is 41.4 Å². The Labute approximate surface area is 156 Å². The van der Waals surface area contributed by atoms with E-state index in [2.05, 4.69) is 15.5 Å². The average Bonchev–Trinajstić information content (AvgIpc) is 2.66. The van der Waals surface area contributed by atoms with Crippen LogP contribution in [-0.2, 0) is 11.3 Å². The lowest BCUT2D eigenvalue weighted by molar-refractivity contribution is 0.190. The summed E-state index contributed by atoms with van der Waals surface area (Å²) >= 11 is 6.12. The van der Waals surface area contributed by atoms with Crippen molar-refractivity contribution in [3.63, 3.8) is 0 Å². The standard InChI is InChI=1S/C19H19ClN4O2/c1-26-12-6-11-24-18(25)15-8-3-5-10-17(15)22-19(24)23-21-13-14-7-2-4-9-16(14)20/h2-5,7-10,13H,6,11-12H2,1H3,(H,22,23)/b21-13-. The fraction of sp³-hybridized carbons (Fsp3) is 0.211. The van der Waals surface area contributed by atoms with E-state index in [4.69, 9.17) is 16.3 Å². The topological polar surface area (TPSA) is 68.5 Å². The second-order valence-corrected chi connectivity index (χ2v) is 6.05. The van der Waals surface area contributed by atoms with E-state index in [1.54, 1.807) is 36.1 Å². The Morgan fingerprint density at radius 1 is 1.23 bits per heavy atom. The van der Waals surface area contributed by atoms with Gasteiger partial charge in [-0.05, 0) is 24.6 Å². The summed E-state index contributed by atoms with van der Waals surface area (Å²) in [4.78, 5) is 17.3. The monoisotopic (exact) mass is 370 g/mol. The first-order chi connectivity index (χ1) is 12.7. The van der Waals surface area contributed by atoms with Crippen molar-refractivity contribution in [2.24, 2.45) is 5.10 Å². The summed E-state index contributed by atoms with van der Waals surface area (Å²) in [6.07, 6.45) is 2.29. The van der Waals surface area contributed by atoms with E-state index in [1.165, 1.54) is 0 Å². The van der Waals surface area contributed by atoms with Gasteiger partial charge in [0.05, 0.1) is 17.1 Å². The predicted molar refractivity (Wildman–Crippen MR) is 105 cm³/mol. The number of methoxy groups -OCH3 is 1. The smallest absolute Gasteiger partial charge is 0.262 e. The number of hydrogen-bond acceptors (Lipinski definition) is 5. The fourth-order valence-electron chi connectivity index (χ4n) is 2.57. The number of rotatable bonds is 7. The van der Waals surface area contributed by atoms with Gasteiger partial charge in [-0.2, -0.15) is 5.10 Å². The molecule has 2 aromatic carbocycles. The summed E-state index contributed by atoms with van der Waals surface area (Å²) in [5.41, 5.74) is 4.16. The zero-order valence-electron chi connectivity index (χ0n) is 14.4. The van der Waals surface area contributed by atoms with Gasteiger partial charge in [-0.3, -0.25) is 9.36 Å². The fourth-order valence-corrected chi connectivity index (χ4v) is 2.75. The van der Waals surface area contributed by atoms with Crippen molar-refractivity contribution in [1.82, 2.24) is 9.55 Å². The number of hydrogen-bond donors (Lipinski definition) is 1. The van der Waals surface area contributed by atoms with E-state index < -0.39 is 0 Å². The van der Waals surface area contributed by atoms with Crippen LogP contribution in [0.2, 0.25) is 5.02 Å². The SMILES string of the molecule is COCCCn1c(N/N=C\c2ccccc2Cl)nc2ccccc2c1=O. The highest BCUT2D eigenvalue weighted by Gasteiger charge is 2.10. The predicted octanol–water partition coefficient (Wildman–Crippen LogP) is 3.53. The molecule has 0 spiro atoms. The molecule has 0 atom stereocenters. The summed E-state index contributed by atoms with van der Waals surface area (Å²) in [5, 5.41) is 5.37. The number of ether oxygens (including phenoxy) is 1. The first kappa shape index (κ1) is 18.1. The minimum atomic E-state index is -0.109. The number of hydrazone groups is 1. The molecule has 1 heterocycles. The minimum absolute atomic E-state index is 0.109. The first-order valence-electron chi connectivity index (χ1n) is 8.23. The third kappa shape index (κ3) is 4.09. The van der Waals surface area contributed by atoms with Crippen LogP contribution in [0.15, 0.2) is 58.4 Å². The molecule has 1 aromatic heterocycles. The van der Waals surface area contributed by atoms with Crippen molar-refractivity contribution < 1.29 is 4.74 Å². The maximum Gasteiger partial charge on any atom is 0.262 e. The molecule has 0 aliphatic heterocycles. The number of benzene rings is 2. The lowest BCUT2D eigenvalue weighted by Crippen LogP contribution is -2.24. The molecule has 1 N–H and O–H groups in total. The van der Waals surface area contributed by atoms with Gasteiger partial charge >= 0.3 is 0 Å². The molecule has 0 saturated carbocycles. The average molecular weight is 371 g/mol. The van der Waals surface area contributed by atoms with Gasteiger partial charge in [0.1, 0.15) is 0 Å². The summed E-state index contributed by atoms with van der Waals surface area (Å²) in [6, 6.07) is 14.6. The maximum absolute atomic E-state index is 12.8. The molecule has 134 valence electrons. The number of fused-ring (bicyclic) bond motifs is 1. The Morgan fingerprint density at radius 3 is 2.81 bits per heavy atom. The number of halogens is 1. The van der Waals surface area contributed by atoms with Gasteiger partial charge in [0.15, 0.2) is 0 Å². The second-order valence-electron chi connectivity index (χ2n) is 5.65. The van der Waals surface area contributed by atoms with E-state index in [9.17, 15) is 4.79 Å². The van der Waals surface area contributed by atoms with E-state index in [0.717, 1.165) is 5.56 Å². The number of nitrogens with one attached hydrogen (secondary N) is 1. The zero-order valence-corrected chi connectivity index (χ0v) is 15.1. The molecule has 0 fully saturated rings. The molecule has 3 rings (SSSR count). The van der Waals surface area contributed by atoms with Crippen LogP contribution in [-0.4, -0.2) is 29.5 Å². The number of nitrogens with zero attached hydrogens (tertiary/aromatic N) is 3. The Kier molecular flexibility index (Phi) is 5.99. The summed E-state index contributed by atoms with van der Waals surface area (Å²) in [7, 11) is 1.63. The molecule has 0 radical (unpaired) electrons. The number of para-hydroxylation sites is 1. The van der Waals surface area contributed by atoms with Gasteiger partial charge in [-0.15, -0.1) is 0 Å². The highest BCUT2D eigenvalue weighted by atomic mass is 35.5. The molecule has 6 nitrogen and oxygen atoms in total. The quantitative estimate of drug-likeness (QED) is 0.392. The van der Waals surface area contributed by atoms with Gasteiger partial charge in [-0.25, -0.2) is 10.4 Å². The van der Waals surface area contributed by atoms with Crippen molar-refractivity contribution in [3.05, 3.63) is 69.5 Å². The maximum atomic E-state index is 12.8. The zero-order chi connectivity index (χ0) is 18.4. The van der Waals surface area contributed by atoms with Crippen molar-refractivity contribution >= 4 is 34.7 Å². The van der Waals surface area contributed by atoms with Crippen LogP contribution in [0.25, 0.3) is 10.9 Å². The molecule has 0 amide bonds. The van der Waals surface area contributed by atoms with Crippen LogP contribution in [0.1, 0.15) is 12.0 Å². The normalized spacial score (nSPS) is 11.3. The van der Waals surface area contributed by atoms with Crippen LogP contribution in [0.3, 0.4) is 0 Å². The van der Waals surface area contributed by atoms with Gasteiger partial charge < -0.3 is 4.74 Å². The molecule has 7 heteroatoms. The summed E-state index contributed by atoms with van der Waals surface area (Å²) in [5.74, 6) is 0.383. The third-order valence-electron chi connectivity index (χ3n) is 3.87. The lowest BCUT2D eigenvalue weighted by Gasteiger charge is -2.12. The van der Waals surface area contributed by atoms with Gasteiger partial charge in [0, 0.05) is 30.8 Å².